The van der Waals surface area contributed by atoms with E-state index in [1.807, 2.05) is 13.0 Å². The summed E-state index contributed by atoms with van der Waals surface area (Å²) in [6, 6.07) is 9.82. The zero-order chi connectivity index (χ0) is 19.6. The summed E-state index contributed by atoms with van der Waals surface area (Å²) in [5, 5.41) is 3.32. The van der Waals surface area contributed by atoms with Gasteiger partial charge >= 0.3 is 0 Å². The molecule has 0 saturated carbocycles. The van der Waals surface area contributed by atoms with Crippen LogP contribution in [0.2, 0.25) is 5.02 Å². The molecule has 0 bridgehead atoms. The number of benzene rings is 2. The Kier molecular flexibility index (Phi) is 5.86. The zero-order valence-electron chi connectivity index (χ0n) is 15.2. The molecule has 2 aromatic carbocycles. The minimum Gasteiger partial charge on any atom is -0.379 e. The molecule has 1 fully saturated rings. The van der Waals surface area contributed by atoms with Crippen molar-refractivity contribution in [3.8, 4) is 0 Å². The van der Waals surface area contributed by atoms with Gasteiger partial charge in [-0.15, -0.1) is 0 Å². The summed E-state index contributed by atoms with van der Waals surface area (Å²) in [4.78, 5) is 12.8. The predicted octanol–water partition coefficient (Wildman–Crippen LogP) is 3.23. The molecular formula is C19H21ClN2O4S. The van der Waals surface area contributed by atoms with Crippen LogP contribution in [0.1, 0.15) is 21.5 Å². The molecule has 0 spiro atoms. The smallest absolute Gasteiger partial charge is 0.255 e. The number of halogens is 1. The first kappa shape index (κ1) is 19.8. The van der Waals surface area contributed by atoms with Crippen molar-refractivity contribution in [1.29, 1.82) is 0 Å². The normalized spacial score (nSPS) is 15.5. The number of hydrogen-bond acceptors (Lipinski definition) is 4. The monoisotopic (exact) mass is 408 g/mol. The molecule has 1 heterocycles. The molecule has 1 aliphatic rings. The van der Waals surface area contributed by atoms with Gasteiger partial charge in [-0.05, 0) is 49.2 Å². The molecule has 144 valence electrons. The molecule has 3 rings (SSSR count). The van der Waals surface area contributed by atoms with E-state index in [1.165, 1.54) is 16.4 Å². The molecule has 0 atom stereocenters. The highest BCUT2D eigenvalue weighted by molar-refractivity contribution is 7.89. The summed E-state index contributed by atoms with van der Waals surface area (Å²) in [7, 11) is -3.67. The minimum atomic E-state index is -3.67. The zero-order valence-corrected chi connectivity index (χ0v) is 16.7. The van der Waals surface area contributed by atoms with Gasteiger partial charge in [-0.25, -0.2) is 8.42 Å². The fourth-order valence-electron chi connectivity index (χ4n) is 2.81. The summed E-state index contributed by atoms with van der Waals surface area (Å²) in [6.07, 6.45) is 0. The molecule has 27 heavy (non-hydrogen) atoms. The largest absolute Gasteiger partial charge is 0.379 e. The maximum absolute atomic E-state index is 12.8. The molecule has 6 nitrogen and oxygen atoms in total. The average molecular weight is 409 g/mol. The van der Waals surface area contributed by atoms with E-state index in [0.29, 0.717) is 48.1 Å². The Morgan fingerprint density at radius 1 is 1.07 bits per heavy atom. The van der Waals surface area contributed by atoms with Gasteiger partial charge in [0.15, 0.2) is 0 Å². The minimum absolute atomic E-state index is 0.0992. The molecule has 2 aromatic rings. The lowest BCUT2D eigenvalue weighted by molar-refractivity contribution is 0.0730. The molecular weight excluding hydrogens is 388 g/mol. The molecule has 1 saturated heterocycles. The standard InChI is InChI=1S/C19H21ClN2O4S/c1-13-4-6-16(27(24,25)22-7-9-26-10-8-22)12-17(13)19(23)21-15-5-3-14(2)18(20)11-15/h3-6,11-12H,7-10H2,1-2H3,(H,21,23). The Morgan fingerprint density at radius 3 is 2.41 bits per heavy atom. The highest BCUT2D eigenvalue weighted by Gasteiger charge is 2.27. The van der Waals surface area contributed by atoms with Crippen LogP contribution in [-0.4, -0.2) is 44.9 Å². The quantitative estimate of drug-likeness (QED) is 0.842. The van der Waals surface area contributed by atoms with Gasteiger partial charge in [0.25, 0.3) is 5.91 Å². The van der Waals surface area contributed by atoms with E-state index >= 15 is 0 Å². The van der Waals surface area contributed by atoms with Gasteiger partial charge < -0.3 is 10.1 Å². The lowest BCUT2D eigenvalue weighted by Gasteiger charge is -2.26. The summed E-state index contributed by atoms with van der Waals surface area (Å²) < 4.78 is 32.3. The third-order valence-corrected chi connectivity index (χ3v) is 6.79. The number of nitrogens with one attached hydrogen (secondary N) is 1. The third-order valence-electron chi connectivity index (χ3n) is 4.49. The molecule has 0 aliphatic carbocycles. The number of rotatable bonds is 4. The third kappa shape index (κ3) is 4.32. The van der Waals surface area contributed by atoms with E-state index in [9.17, 15) is 13.2 Å². The van der Waals surface area contributed by atoms with Crippen molar-refractivity contribution in [3.63, 3.8) is 0 Å². The van der Waals surface area contributed by atoms with Crippen LogP contribution in [0, 0.1) is 13.8 Å². The van der Waals surface area contributed by atoms with Gasteiger partial charge in [0, 0.05) is 29.4 Å². The van der Waals surface area contributed by atoms with E-state index in [-0.39, 0.29) is 10.8 Å². The Balaban J connectivity index is 1.88. The van der Waals surface area contributed by atoms with E-state index in [2.05, 4.69) is 5.32 Å². The van der Waals surface area contributed by atoms with E-state index < -0.39 is 10.0 Å². The van der Waals surface area contributed by atoms with Crippen LogP contribution in [0.3, 0.4) is 0 Å². The Hall–Kier alpha value is -1.93. The van der Waals surface area contributed by atoms with Crippen LogP contribution < -0.4 is 5.32 Å². The maximum Gasteiger partial charge on any atom is 0.255 e. The Bertz CT molecular complexity index is 970. The number of carbonyl (C=O) groups is 1. The first-order valence-electron chi connectivity index (χ1n) is 8.55. The maximum atomic E-state index is 12.8. The van der Waals surface area contributed by atoms with Crippen LogP contribution in [0.25, 0.3) is 0 Å². The number of morpholine rings is 1. The number of nitrogens with zero attached hydrogens (tertiary/aromatic N) is 1. The van der Waals surface area contributed by atoms with Crippen molar-refractivity contribution in [2.45, 2.75) is 18.7 Å². The fraction of sp³-hybridized carbons (Fsp3) is 0.316. The van der Waals surface area contributed by atoms with Gasteiger partial charge in [0.2, 0.25) is 10.0 Å². The topological polar surface area (TPSA) is 75.7 Å². The molecule has 1 N–H and O–H groups in total. The van der Waals surface area contributed by atoms with Gasteiger partial charge in [0.05, 0.1) is 18.1 Å². The lowest BCUT2D eigenvalue weighted by atomic mass is 10.1. The van der Waals surface area contributed by atoms with Gasteiger partial charge in [-0.3, -0.25) is 4.79 Å². The predicted molar refractivity (Wildman–Crippen MR) is 105 cm³/mol. The van der Waals surface area contributed by atoms with Crippen molar-refractivity contribution in [2.75, 3.05) is 31.6 Å². The first-order valence-corrected chi connectivity index (χ1v) is 10.4. The van der Waals surface area contributed by atoms with Crippen LogP contribution in [0.4, 0.5) is 5.69 Å². The summed E-state index contributed by atoms with van der Waals surface area (Å²) in [5.74, 6) is -0.383. The number of hydrogen-bond donors (Lipinski definition) is 1. The summed E-state index contributed by atoms with van der Waals surface area (Å²) >= 11 is 6.10. The van der Waals surface area contributed by atoms with Crippen molar-refractivity contribution in [2.24, 2.45) is 0 Å². The Morgan fingerprint density at radius 2 is 1.74 bits per heavy atom. The lowest BCUT2D eigenvalue weighted by Crippen LogP contribution is -2.40. The number of anilines is 1. The number of sulfonamides is 1. The fourth-order valence-corrected chi connectivity index (χ4v) is 4.43. The number of carbonyl (C=O) groups excluding carboxylic acids is 1. The molecule has 8 heteroatoms. The van der Waals surface area contributed by atoms with E-state index in [4.69, 9.17) is 16.3 Å². The van der Waals surface area contributed by atoms with E-state index in [1.54, 1.807) is 25.1 Å². The number of ether oxygens (including phenoxy) is 1. The van der Waals surface area contributed by atoms with Crippen LogP contribution in [0.15, 0.2) is 41.3 Å². The summed E-state index contributed by atoms with van der Waals surface area (Å²) in [5.41, 5.74) is 2.45. The molecule has 0 unspecified atom stereocenters. The second-order valence-corrected chi connectivity index (χ2v) is 8.76. The van der Waals surface area contributed by atoms with Crippen LogP contribution in [-0.2, 0) is 14.8 Å². The van der Waals surface area contributed by atoms with Crippen molar-refractivity contribution in [1.82, 2.24) is 4.31 Å². The molecule has 0 radical (unpaired) electrons. The highest BCUT2D eigenvalue weighted by atomic mass is 35.5. The van der Waals surface area contributed by atoms with Crippen molar-refractivity contribution >= 4 is 33.2 Å². The molecule has 0 aromatic heterocycles. The van der Waals surface area contributed by atoms with Crippen LogP contribution in [0.5, 0.6) is 0 Å². The SMILES string of the molecule is Cc1ccc(NC(=O)c2cc(S(=O)(=O)N3CCOCC3)ccc2C)cc1Cl. The highest BCUT2D eigenvalue weighted by Crippen LogP contribution is 2.23. The average Bonchev–Trinajstić information content (AvgIpc) is 2.65. The molecule has 1 amide bonds. The van der Waals surface area contributed by atoms with E-state index in [0.717, 1.165) is 5.56 Å². The van der Waals surface area contributed by atoms with Crippen molar-refractivity contribution < 1.29 is 17.9 Å². The van der Waals surface area contributed by atoms with Crippen molar-refractivity contribution in [3.05, 3.63) is 58.1 Å². The Labute approximate surface area is 164 Å². The van der Waals surface area contributed by atoms with Gasteiger partial charge in [-0.1, -0.05) is 23.7 Å². The summed E-state index contributed by atoms with van der Waals surface area (Å²) in [6.45, 7) is 4.98. The molecule has 1 aliphatic heterocycles. The van der Waals surface area contributed by atoms with Gasteiger partial charge in [0.1, 0.15) is 0 Å². The second-order valence-electron chi connectivity index (χ2n) is 6.41. The van der Waals surface area contributed by atoms with Crippen LogP contribution >= 0.6 is 11.6 Å². The van der Waals surface area contributed by atoms with Gasteiger partial charge in [-0.2, -0.15) is 4.31 Å². The number of aryl methyl sites for hydroxylation is 2. The first-order chi connectivity index (χ1) is 12.8. The second kappa shape index (κ2) is 7.98. The number of amides is 1.